The van der Waals surface area contributed by atoms with E-state index in [1.807, 2.05) is 0 Å². The largest absolute Gasteiger partial charge is 0.435 e. The van der Waals surface area contributed by atoms with Crippen LogP contribution in [0, 0.1) is 0 Å². The van der Waals surface area contributed by atoms with Crippen molar-refractivity contribution in [3.05, 3.63) is 0 Å². The predicted molar refractivity (Wildman–Crippen MR) is 274 cm³/mol. The fourth-order valence-corrected chi connectivity index (χ4v) is 9.15. The van der Waals surface area contributed by atoms with Crippen LogP contribution in [0.3, 0.4) is 0 Å². The molecule has 3 amide bonds. The van der Waals surface area contributed by atoms with E-state index < -0.39 is 191 Å². The van der Waals surface area contributed by atoms with E-state index in [1.54, 1.807) is 20.8 Å². The summed E-state index contributed by atoms with van der Waals surface area (Å²) in [6.07, 6.45) is -26.9. The van der Waals surface area contributed by atoms with Crippen LogP contribution in [-0.2, 0) is 114 Å². The molecule has 0 radical (unpaired) electrons. The van der Waals surface area contributed by atoms with Gasteiger partial charge < -0.3 is 137 Å². The lowest BCUT2D eigenvalue weighted by Gasteiger charge is -2.47. The Kier molecular flexibility index (Phi) is 34.7. The first-order valence-corrected chi connectivity index (χ1v) is 26.6. The van der Waals surface area contributed by atoms with E-state index in [2.05, 4.69) is 29.9 Å². The molecule has 0 bridgehead atoms. The van der Waals surface area contributed by atoms with Crippen molar-refractivity contribution in [2.24, 2.45) is 0 Å². The van der Waals surface area contributed by atoms with Crippen molar-refractivity contribution < 1.29 is 155 Å². The maximum absolute atomic E-state index is 11.5. The Hall–Kier alpha value is -4.54. The quantitative estimate of drug-likeness (QED) is 0.0133. The SMILES string of the molecule is COC(C=O)C(OC=O)O[C@H](C=O)OC1[C@@H](O)C(CO)O[C@@H](C)[C@H]1NC(C)=O.COC(C=O)C(OC=O)O[C@H](CP)OC1[C@@H](O)C(CO)O[C@@H](C)[C@H]1NC(C)=O.CO[C@@H]1C(OC=O)O[C@@H](OC2[C@@H](O)C(CO)O[C@@H](C)[C@H]2NC(C)=O)[C@@H](O)C1O. The second-order valence-corrected chi connectivity index (χ2v) is 19.2. The van der Waals surface area contributed by atoms with Crippen LogP contribution in [0.1, 0.15) is 41.5 Å². The highest BCUT2D eigenvalue weighted by molar-refractivity contribution is 7.16. The Labute approximate surface area is 483 Å². The number of aldehydes is 3. The number of carbonyl (C=O) groups is 9. The second-order valence-electron chi connectivity index (χ2n) is 18.7. The Balaban J connectivity index is 0.000000430. The molecule has 4 aliphatic rings. The zero-order valence-electron chi connectivity index (χ0n) is 47.3. The highest BCUT2D eigenvalue weighted by Crippen LogP contribution is 2.31. The Bertz CT molecular complexity index is 2010. The van der Waals surface area contributed by atoms with Gasteiger partial charge in [0.15, 0.2) is 43.6 Å². The number of aliphatic hydroxyl groups is 8. The number of ether oxygens (including phenoxy) is 15. The van der Waals surface area contributed by atoms with Crippen LogP contribution >= 0.6 is 9.24 Å². The molecule has 0 aromatic rings. The first kappa shape index (κ1) is 75.6. The van der Waals surface area contributed by atoms with Crippen molar-refractivity contribution in [2.45, 2.75) is 201 Å². The predicted octanol–water partition coefficient (Wildman–Crippen LogP) is -8.17. The summed E-state index contributed by atoms with van der Waals surface area (Å²) in [5, 5.41) is 88.0. The number of hydrogen-bond donors (Lipinski definition) is 11. The molecule has 4 saturated heterocycles. The molecule has 4 fully saturated rings. The zero-order chi connectivity index (χ0) is 63.5. The van der Waals surface area contributed by atoms with Crippen LogP contribution in [0.15, 0.2) is 0 Å². The average molecular weight is 1240 g/mol. The molecule has 0 spiro atoms. The lowest BCUT2D eigenvalue weighted by atomic mass is 9.92. The summed E-state index contributed by atoms with van der Waals surface area (Å²) in [6, 6.07) is -2.49. The van der Waals surface area contributed by atoms with Crippen molar-refractivity contribution in [3.63, 3.8) is 0 Å². The summed E-state index contributed by atoms with van der Waals surface area (Å²) in [7, 11) is 5.99. The summed E-state index contributed by atoms with van der Waals surface area (Å²) in [5.41, 5.74) is 0. The van der Waals surface area contributed by atoms with Gasteiger partial charge in [0, 0.05) is 48.3 Å². The molecule has 4 aliphatic heterocycles. The van der Waals surface area contributed by atoms with Gasteiger partial charge in [-0.2, -0.15) is 0 Å². The number of aliphatic hydroxyl groups excluding tert-OH is 8. The van der Waals surface area contributed by atoms with Crippen molar-refractivity contribution in [1.29, 1.82) is 0 Å². The second kappa shape index (κ2) is 38.6. The fraction of sp³-hybridized carbons (Fsp3) is 0.812. The van der Waals surface area contributed by atoms with E-state index in [0.717, 1.165) is 7.11 Å². The number of carbonyl (C=O) groups excluding carboxylic acids is 9. The van der Waals surface area contributed by atoms with Gasteiger partial charge in [-0.3, -0.25) is 33.6 Å². The van der Waals surface area contributed by atoms with Crippen molar-refractivity contribution in [3.8, 4) is 0 Å². The number of hydrogen-bond acceptors (Lipinski definition) is 32. The molecular weight excluding hydrogens is 1160 g/mol. The molecule has 0 saturated carbocycles. The molecule has 0 aromatic heterocycles. The average Bonchev–Trinajstić information content (AvgIpc) is 2.18. The number of methoxy groups -OCH3 is 3. The Morgan fingerprint density at radius 1 is 0.524 bits per heavy atom. The molecule has 27 atom stereocenters. The van der Waals surface area contributed by atoms with Gasteiger partial charge in [-0.1, -0.05) is 0 Å². The summed E-state index contributed by atoms with van der Waals surface area (Å²) in [4.78, 5) is 100. The van der Waals surface area contributed by atoms with Crippen LogP contribution in [-0.4, -0.2) is 304 Å². The van der Waals surface area contributed by atoms with E-state index in [4.69, 9.17) is 66.3 Å². The molecule has 35 nitrogen and oxygen atoms in total. The number of amides is 3. The Morgan fingerprint density at radius 3 is 1.27 bits per heavy atom. The molecule has 4 heterocycles. The van der Waals surface area contributed by atoms with Gasteiger partial charge in [-0.05, 0) is 20.8 Å². The van der Waals surface area contributed by atoms with E-state index >= 15 is 0 Å². The minimum Gasteiger partial charge on any atom is -0.435 e. The molecular formula is C48H80N3O32P. The first-order valence-electron chi connectivity index (χ1n) is 25.7. The molecule has 4 rings (SSSR count). The van der Waals surface area contributed by atoms with E-state index in [9.17, 15) is 84.0 Å². The van der Waals surface area contributed by atoms with Crippen molar-refractivity contribution in [2.75, 3.05) is 47.3 Å². The summed E-state index contributed by atoms with van der Waals surface area (Å²) in [6.45, 7) is 7.32. The normalized spacial score (nSPS) is 35.1. The van der Waals surface area contributed by atoms with Gasteiger partial charge in [-0.15, -0.1) is 9.24 Å². The summed E-state index contributed by atoms with van der Waals surface area (Å²) in [5.74, 6) is -1.24. The van der Waals surface area contributed by atoms with Gasteiger partial charge in [0.05, 0.1) is 56.3 Å². The van der Waals surface area contributed by atoms with Crippen LogP contribution in [0.4, 0.5) is 0 Å². The van der Waals surface area contributed by atoms with Gasteiger partial charge in [0.25, 0.3) is 19.4 Å². The van der Waals surface area contributed by atoms with Crippen LogP contribution in [0.5, 0.6) is 0 Å². The Morgan fingerprint density at radius 2 is 0.929 bits per heavy atom. The van der Waals surface area contributed by atoms with Gasteiger partial charge in [0.2, 0.25) is 42.9 Å². The molecule has 36 heteroatoms. The maximum Gasteiger partial charge on any atom is 0.295 e. The molecule has 484 valence electrons. The molecule has 11 N–H and O–H groups in total. The third-order valence-corrected chi connectivity index (χ3v) is 13.4. The fourth-order valence-electron chi connectivity index (χ4n) is 8.93. The van der Waals surface area contributed by atoms with Gasteiger partial charge in [0.1, 0.15) is 73.2 Å². The third kappa shape index (κ3) is 21.7. The highest BCUT2D eigenvalue weighted by atomic mass is 31.0. The lowest BCUT2D eigenvalue weighted by molar-refractivity contribution is -0.362. The minimum absolute atomic E-state index is 0.00464. The monoisotopic (exact) mass is 1240 g/mol. The minimum atomic E-state index is -1.71. The molecule has 0 aliphatic carbocycles. The first-order chi connectivity index (χ1) is 39.9. The van der Waals surface area contributed by atoms with Crippen LogP contribution < -0.4 is 16.0 Å². The smallest absolute Gasteiger partial charge is 0.295 e. The molecule has 13 unspecified atom stereocenters. The molecule has 84 heavy (non-hydrogen) atoms. The van der Waals surface area contributed by atoms with Gasteiger partial charge in [-0.25, -0.2) is 0 Å². The van der Waals surface area contributed by atoms with Crippen LogP contribution in [0.2, 0.25) is 0 Å². The number of nitrogens with one attached hydrogen (secondary N) is 3. The number of rotatable bonds is 31. The standard InChI is InChI=1S/C16H27NO11.C16H25NO11.C16H28NO10P/c1-6-9(17-7(2)20)13(10(21)8(4-18)26-6)27-15-12(23)11(22)14(24-3)16(28-15)25-5-19;1-8-13(17-9(2)22)15(14(23)10(4-18)26-8)27-12(6-20)28-16(25-7-21)11(5-19)24-3;1-8-13(17-9(2)21)15(14(22)10(4-18)25-8)26-12(6-28)27-16(24-7-20)11(5-19)23-3/h5-6,8-16,18,21-23H,4H2,1-3H3,(H,17,20);5-8,10-16,18,23H,4H2,1-3H3,(H,17,22);5,7-8,10-16,18,22H,4,6,28H2,1-3H3,(H,17,21)/t6-,8?,9+,10-,11?,12-,13?,14-,15+,16?;2*8-,10?,11?,12+,13+,14-,15?,16?/m000/s1. The van der Waals surface area contributed by atoms with E-state index in [0.29, 0.717) is 12.6 Å². The highest BCUT2D eigenvalue weighted by Gasteiger charge is 2.52. The summed E-state index contributed by atoms with van der Waals surface area (Å²) < 4.78 is 78.2. The molecule has 0 aromatic carbocycles. The summed E-state index contributed by atoms with van der Waals surface area (Å²) >= 11 is 0. The van der Waals surface area contributed by atoms with Gasteiger partial charge >= 0.3 is 0 Å². The van der Waals surface area contributed by atoms with Crippen molar-refractivity contribution >= 4 is 65.2 Å². The lowest BCUT2D eigenvalue weighted by Crippen LogP contribution is -2.67. The van der Waals surface area contributed by atoms with Crippen molar-refractivity contribution in [1.82, 2.24) is 16.0 Å². The van der Waals surface area contributed by atoms with E-state index in [1.165, 1.54) is 35.0 Å². The van der Waals surface area contributed by atoms with E-state index in [-0.39, 0.29) is 37.8 Å². The zero-order valence-corrected chi connectivity index (χ0v) is 48.4. The van der Waals surface area contributed by atoms with Crippen LogP contribution in [0.25, 0.3) is 0 Å². The maximum atomic E-state index is 11.5. The topological polar surface area (TPSA) is 490 Å². The third-order valence-electron chi connectivity index (χ3n) is 13.0.